The highest BCUT2D eigenvalue weighted by molar-refractivity contribution is 7.92. The summed E-state index contributed by atoms with van der Waals surface area (Å²) >= 11 is 6.40. The van der Waals surface area contributed by atoms with Crippen LogP contribution >= 0.6 is 11.6 Å². The fraction of sp³-hybridized carbons (Fsp3) is 0.333. The Morgan fingerprint density at radius 3 is 2.23 bits per heavy atom. The molecule has 3 aromatic rings. The molecule has 1 atom stereocenters. The molecule has 0 spiro atoms. The van der Waals surface area contributed by atoms with Crippen LogP contribution in [-0.4, -0.2) is 50.9 Å². The molecule has 214 valence electrons. The van der Waals surface area contributed by atoms with E-state index in [0.29, 0.717) is 35.2 Å². The van der Waals surface area contributed by atoms with Crippen molar-refractivity contribution in [3.05, 3.63) is 89.4 Å². The van der Waals surface area contributed by atoms with Gasteiger partial charge in [0.25, 0.3) is 10.0 Å². The molecule has 0 aliphatic rings. The summed E-state index contributed by atoms with van der Waals surface area (Å²) in [6.07, 6.45) is 1.71. The predicted octanol–water partition coefficient (Wildman–Crippen LogP) is 5.27. The monoisotopic (exact) mass is 585 g/mol. The van der Waals surface area contributed by atoms with E-state index in [2.05, 4.69) is 5.32 Å². The first-order chi connectivity index (χ1) is 19.2. The summed E-state index contributed by atoms with van der Waals surface area (Å²) in [4.78, 5) is 28.4. The number of halogens is 1. The van der Waals surface area contributed by atoms with E-state index in [1.165, 1.54) is 17.0 Å². The summed E-state index contributed by atoms with van der Waals surface area (Å²) in [6, 6.07) is 20.6. The third kappa shape index (κ3) is 7.99. The molecule has 0 radical (unpaired) electrons. The largest absolute Gasteiger partial charge is 0.494 e. The van der Waals surface area contributed by atoms with Crippen molar-refractivity contribution in [3.63, 3.8) is 0 Å². The van der Waals surface area contributed by atoms with Gasteiger partial charge in [0.15, 0.2) is 0 Å². The minimum absolute atomic E-state index is 0.0311. The van der Waals surface area contributed by atoms with Crippen molar-refractivity contribution in [1.29, 1.82) is 0 Å². The summed E-state index contributed by atoms with van der Waals surface area (Å²) in [5, 5.41) is 3.31. The van der Waals surface area contributed by atoms with Gasteiger partial charge in [-0.25, -0.2) is 8.42 Å². The number of sulfonamides is 1. The molecular formula is C30H36ClN3O5S. The highest BCUT2D eigenvalue weighted by Crippen LogP contribution is 2.27. The van der Waals surface area contributed by atoms with Crippen LogP contribution in [0.3, 0.4) is 0 Å². The average Bonchev–Trinajstić information content (AvgIpc) is 2.96. The lowest BCUT2D eigenvalue weighted by Crippen LogP contribution is -2.51. The van der Waals surface area contributed by atoms with E-state index < -0.39 is 28.5 Å². The van der Waals surface area contributed by atoms with Gasteiger partial charge in [-0.15, -0.1) is 0 Å². The number of hydrogen-bond donors (Lipinski definition) is 1. The normalized spacial score (nSPS) is 11.9. The first kappa shape index (κ1) is 31.0. The second kappa shape index (κ2) is 14.7. The van der Waals surface area contributed by atoms with Crippen LogP contribution in [0.5, 0.6) is 5.75 Å². The number of unbranched alkanes of at least 4 members (excludes halogenated alkanes) is 1. The molecule has 0 bridgehead atoms. The quantitative estimate of drug-likeness (QED) is 0.260. The zero-order valence-corrected chi connectivity index (χ0v) is 24.6. The van der Waals surface area contributed by atoms with Crippen molar-refractivity contribution in [2.75, 3.05) is 24.0 Å². The molecule has 0 aliphatic carbocycles. The Morgan fingerprint density at radius 1 is 0.950 bits per heavy atom. The highest BCUT2D eigenvalue weighted by Gasteiger charge is 2.32. The van der Waals surface area contributed by atoms with E-state index in [9.17, 15) is 18.0 Å². The molecule has 10 heteroatoms. The molecule has 0 saturated heterocycles. The first-order valence-corrected chi connectivity index (χ1v) is 15.1. The first-order valence-electron chi connectivity index (χ1n) is 13.3. The molecular weight excluding hydrogens is 550 g/mol. The fourth-order valence-electron chi connectivity index (χ4n) is 4.05. The zero-order valence-electron chi connectivity index (χ0n) is 23.0. The highest BCUT2D eigenvalue weighted by atomic mass is 35.5. The third-order valence-electron chi connectivity index (χ3n) is 6.34. The number of ether oxygens (including phenoxy) is 1. The van der Waals surface area contributed by atoms with Crippen molar-refractivity contribution in [2.24, 2.45) is 0 Å². The molecule has 0 aromatic heterocycles. The number of carbonyl (C=O) groups is 2. The van der Waals surface area contributed by atoms with Gasteiger partial charge in [-0.1, -0.05) is 61.3 Å². The van der Waals surface area contributed by atoms with E-state index in [0.717, 1.165) is 17.1 Å². The summed E-state index contributed by atoms with van der Waals surface area (Å²) in [5.41, 5.74) is 0.933. The number of amides is 2. The second-order valence-electron chi connectivity index (χ2n) is 9.19. The van der Waals surface area contributed by atoms with Crippen LogP contribution < -0.4 is 14.4 Å². The molecule has 1 unspecified atom stereocenters. The van der Waals surface area contributed by atoms with Crippen LogP contribution in [0, 0.1) is 0 Å². The van der Waals surface area contributed by atoms with Gasteiger partial charge in [0.2, 0.25) is 11.8 Å². The summed E-state index contributed by atoms with van der Waals surface area (Å²) in [7, 11) is -4.13. The number of benzene rings is 3. The number of hydrogen-bond acceptors (Lipinski definition) is 5. The lowest BCUT2D eigenvalue weighted by molar-refractivity contribution is -0.139. The van der Waals surface area contributed by atoms with Crippen molar-refractivity contribution in [1.82, 2.24) is 10.2 Å². The van der Waals surface area contributed by atoms with Crippen LogP contribution in [-0.2, 0) is 26.2 Å². The van der Waals surface area contributed by atoms with Crippen molar-refractivity contribution in [2.45, 2.75) is 51.1 Å². The van der Waals surface area contributed by atoms with E-state index in [-0.39, 0.29) is 17.3 Å². The Bertz CT molecular complexity index is 1370. The van der Waals surface area contributed by atoms with Gasteiger partial charge in [0.05, 0.1) is 17.2 Å². The Labute approximate surface area is 241 Å². The Balaban J connectivity index is 2.00. The van der Waals surface area contributed by atoms with Gasteiger partial charge in [0.1, 0.15) is 18.3 Å². The van der Waals surface area contributed by atoms with E-state index >= 15 is 0 Å². The maximum Gasteiger partial charge on any atom is 0.264 e. The standard InChI is InChI=1S/C30H36ClN3O5S/c1-4-6-20-32-30(36)23(3)33(21-24-12-10-11-15-28(24)31)29(35)22-34(25-16-18-26(19-17-25)39-5-2)40(37,38)27-13-8-7-9-14-27/h7-19,23H,4-6,20-22H2,1-3H3,(H,32,36). The number of nitrogens with one attached hydrogen (secondary N) is 1. The van der Waals surface area contributed by atoms with Gasteiger partial charge in [-0.05, 0) is 68.3 Å². The lowest BCUT2D eigenvalue weighted by atomic mass is 10.1. The van der Waals surface area contributed by atoms with E-state index in [1.54, 1.807) is 73.7 Å². The maximum atomic E-state index is 13.9. The van der Waals surface area contributed by atoms with Gasteiger partial charge in [0, 0.05) is 18.1 Å². The minimum Gasteiger partial charge on any atom is -0.494 e. The predicted molar refractivity (Wildman–Crippen MR) is 158 cm³/mol. The van der Waals surface area contributed by atoms with Gasteiger partial charge < -0.3 is 15.0 Å². The molecule has 8 nitrogen and oxygen atoms in total. The topological polar surface area (TPSA) is 96.0 Å². The Kier molecular flexibility index (Phi) is 11.4. The molecule has 0 heterocycles. The molecule has 3 rings (SSSR count). The SMILES string of the molecule is CCCCNC(=O)C(C)N(Cc1ccccc1Cl)C(=O)CN(c1ccc(OCC)cc1)S(=O)(=O)c1ccccc1. The van der Waals surface area contributed by atoms with E-state index in [1.807, 2.05) is 13.8 Å². The Morgan fingerprint density at radius 2 is 1.60 bits per heavy atom. The second-order valence-corrected chi connectivity index (χ2v) is 11.5. The summed E-state index contributed by atoms with van der Waals surface area (Å²) in [5.74, 6) is -0.300. The van der Waals surface area contributed by atoms with Crippen LogP contribution in [0.2, 0.25) is 5.02 Å². The molecule has 0 aliphatic heterocycles. The van der Waals surface area contributed by atoms with Gasteiger partial charge in [-0.2, -0.15) is 0 Å². The average molecular weight is 586 g/mol. The van der Waals surface area contributed by atoms with Gasteiger partial charge in [-0.3, -0.25) is 13.9 Å². The number of carbonyl (C=O) groups excluding carboxylic acids is 2. The summed E-state index contributed by atoms with van der Waals surface area (Å²) in [6.45, 7) is 5.94. The van der Waals surface area contributed by atoms with Crippen molar-refractivity contribution >= 4 is 39.1 Å². The van der Waals surface area contributed by atoms with E-state index in [4.69, 9.17) is 16.3 Å². The number of anilines is 1. The Hall–Kier alpha value is -3.56. The molecule has 2 amide bonds. The van der Waals surface area contributed by atoms with Crippen molar-refractivity contribution in [3.8, 4) is 5.75 Å². The van der Waals surface area contributed by atoms with Crippen molar-refractivity contribution < 1.29 is 22.7 Å². The number of rotatable bonds is 14. The van der Waals surface area contributed by atoms with Crippen LogP contribution in [0.4, 0.5) is 5.69 Å². The molecule has 3 aromatic carbocycles. The third-order valence-corrected chi connectivity index (χ3v) is 8.50. The molecule has 40 heavy (non-hydrogen) atoms. The number of nitrogens with zero attached hydrogens (tertiary/aromatic N) is 2. The molecule has 1 N–H and O–H groups in total. The smallest absolute Gasteiger partial charge is 0.264 e. The maximum absolute atomic E-state index is 13.9. The van der Waals surface area contributed by atoms with Gasteiger partial charge >= 0.3 is 0 Å². The molecule has 0 fully saturated rings. The van der Waals surface area contributed by atoms with Crippen LogP contribution in [0.15, 0.2) is 83.8 Å². The minimum atomic E-state index is -4.13. The lowest BCUT2D eigenvalue weighted by Gasteiger charge is -2.32. The van der Waals surface area contributed by atoms with Crippen LogP contribution in [0.25, 0.3) is 0 Å². The molecule has 0 saturated carbocycles. The zero-order chi connectivity index (χ0) is 29.1. The summed E-state index contributed by atoms with van der Waals surface area (Å²) < 4.78 is 34.2. The fourth-order valence-corrected chi connectivity index (χ4v) is 5.68. The van der Waals surface area contributed by atoms with Crippen LogP contribution in [0.1, 0.15) is 39.2 Å².